The molecule has 0 aromatic heterocycles. The highest BCUT2D eigenvalue weighted by Crippen LogP contribution is 2.44. The molecule has 1 aliphatic carbocycles. The second-order valence-corrected chi connectivity index (χ2v) is 8.54. The van der Waals surface area contributed by atoms with E-state index in [1.165, 1.54) is 24.8 Å². The number of methoxy groups -OCH3 is 1. The molecule has 30 heavy (non-hydrogen) atoms. The Morgan fingerprint density at radius 2 is 1.83 bits per heavy atom. The fraction of sp³-hybridized carbons (Fsp3) is 0.696. The third-order valence-electron chi connectivity index (χ3n) is 6.67. The molecule has 2 fully saturated rings. The average Bonchev–Trinajstić information content (AvgIpc) is 2.72. The van der Waals surface area contributed by atoms with Gasteiger partial charge in [-0.05, 0) is 62.1 Å². The van der Waals surface area contributed by atoms with E-state index in [4.69, 9.17) is 14.5 Å². The largest absolute Gasteiger partial charge is 0.385 e. The Kier molecular flexibility index (Phi) is 10.3. The Morgan fingerprint density at radius 1 is 1.13 bits per heavy atom. The van der Waals surface area contributed by atoms with Gasteiger partial charge in [0.05, 0.1) is 0 Å². The molecule has 1 aromatic rings. The van der Waals surface area contributed by atoms with Gasteiger partial charge in [-0.3, -0.25) is 4.99 Å². The highest BCUT2D eigenvalue weighted by atomic mass is 127. The topological polar surface area (TPSA) is 54.9 Å². The summed E-state index contributed by atoms with van der Waals surface area (Å²) in [5.41, 5.74) is 1.40. The highest BCUT2D eigenvalue weighted by molar-refractivity contribution is 14.0. The summed E-state index contributed by atoms with van der Waals surface area (Å²) in [4.78, 5) is 4.93. The van der Waals surface area contributed by atoms with Gasteiger partial charge in [0.25, 0.3) is 0 Å². The first-order valence-corrected chi connectivity index (χ1v) is 11.0. The van der Waals surface area contributed by atoms with Crippen LogP contribution in [0.25, 0.3) is 0 Å². The number of benzene rings is 1. The molecule has 0 unspecified atom stereocenters. The van der Waals surface area contributed by atoms with E-state index in [9.17, 15) is 4.39 Å². The second kappa shape index (κ2) is 12.2. The first-order chi connectivity index (χ1) is 14.1. The van der Waals surface area contributed by atoms with Crippen LogP contribution in [0.15, 0.2) is 29.3 Å². The Bertz CT molecular complexity index is 659. The second-order valence-electron chi connectivity index (χ2n) is 8.54. The van der Waals surface area contributed by atoms with Gasteiger partial charge in [0.2, 0.25) is 0 Å². The van der Waals surface area contributed by atoms with Gasteiger partial charge < -0.3 is 20.1 Å². The molecule has 1 aliphatic heterocycles. The summed E-state index contributed by atoms with van der Waals surface area (Å²) >= 11 is 0. The predicted molar refractivity (Wildman–Crippen MR) is 130 cm³/mol. The molecule has 0 spiro atoms. The third kappa shape index (κ3) is 6.53. The molecular weight excluding hydrogens is 496 g/mol. The van der Waals surface area contributed by atoms with Gasteiger partial charge >= 0.3 is 0 Å². The van der Waals surface area contributed by atoms with Crippen molar-refractivity contribution < 1.29 is 13.9 Å². The minimum atomic E-state index is -0.194. The highest BCUT2D eigenvalue weighted by Gasteiger charge is 2.37. The Labute approximate surface area is 197 Å². The van der Waals surface area contributed by atoms with Crippen molar-refractivity contribution >= 4 is 29.9 Å². The maximum absolute atomic E-state index is 13.5. The number of halogens is 2. The monoisotopic (exact) mass is 533 g/mol. The van der Waals surface area contributed by atoms with Crippen LogP contribution in [-0.4, -0.2) is 52.5 Å². The smallest absolute Gasteiger partial charge is 0.191 e. The summed E-state index contributed by atoms with van der Waals surface area (Å²) < 4.78 is 24.4. The summed E-state index contributed by atoms with van der Waals surface area (Å²) in [5, 5.41) is 6.97. The van der Waals surface area contributed by atoms with E-state index >= 15 is 0 Å². The summed E-state index contributed by atoms with van der Waals surface area (Å²) in [5.74, 6) is 0.671. The molecule has 5 nitrogen and oxygen atoms in total. The van der Waals surface area contributed by atoms with Crippen LogP contribution in [0.5, 0.6) is 0 Å². The molecule has 3 rings (SSSR count). The van der Waals surface area contributed by atoms with E-state index < -0.39 is 0 Å². The SMILES string of the molecule is CCNC(=NCC1(CCOC)CCC1)NCC1(c2ccc(F)cc2)CCOCC1.I. The fourth-order valence-corrected chi connectivity index (χ4v) is 4.46. The fourth-order valence-electron chi connectivity index (χ4n) is 4.46. The van der Waals surface area contributed by atoms with Crippen LogP contribution in [-0.2, 0) is 14.9 Å². The van der Waals surface area contributed by atoms with Crippen molar-refractivity contribution in [2.45, 2.75) is 50.9 Å². The molecule has 0 radical (unpaired) electrons. The van der Waals surface area contributed by atoms with Gasteiger partial charge in [-0.25, -0.2) is 4.39 Å². The number of ether oxygens (including phenoxy) is 2. The number of hydrogen-bond donors (Lipinski definition) is 2. The van der Waals surface area contributed by atoms with Gasteiger partial charge in [0.15, 0.2) is 5.96 Å². The van der Waals surface area contributed by atoms with Gasteiger partial charge in [-0.15, -0.1) is 24.0 Å². The first-order valence-electron chi connectivity index (χ1n) is 11.0. The molecule has 0 amide bonds. The molecule has 2 N–H and O–H groups in total. The van der Waals surface area contributed by atoms with Crippen LogP contribution in [0.4, 0.5) is 4.39 Å². The van der Waals surface area contributed by atoms with Crippen molar-refractivity contribution in [2.24, 2.45) is 10.4 Å². The molecule has 170 valence electrons. The van der Waals surface area contributed by atoms with E-state index in [0.717, 1.165) is 64.7 Å². The van der Waals surface area contributed by atoms with Crippen LogP contribution in [0.3, 0.4) is 0 Å². The lowest BCUT2D eigenvalue weighted by Gasteiger charge is -2.41. The molecule has 0 bridgehead atoms. The summed E-state index contributed by atoms with van der Waals surface area (Å²) in [6, 6.07) is 6.95. The van der Waals surface area contributed by atoms with Gasteiger partial charge in [0.1, 0.15) is 5.82 Å². The maximum Gasteiger partial charge on any atom is 0.191 e. The molecule has 2 aliphatic rings. The third-order valence-corrected chi connectivity index (χ3v) is 6.67. The number of aliphatic imine (C=N–C) groups is 1. The van der Waals surface area contributed by atoms with Crippen molar-refractivity contribution in [3.05, 3.63) is 35.6 Å². The summed E-state index contributed by atoms with van der Waals surface area (Å²) in [7, 11) is 1.77. The van der Waals surface area contributed by atoms with Crippen LogP contribution in [0, 0.1) is 11.2 Å². The molecule has 7 heteroatoms. The minimum absolute atomic E-state index is 0. The predicted octanol–water partition coefficient (Wildman–Crippen LogP) is 4.25. The zero-order chi connectivity index (χ0) is 20.6. The standard InChI is InChI=1S/C23H36FN3O2.HI/c1-3-25-21(26-17-22(9-4-10-22)11-14-28-2)27-18-23(12-15-29-16-13-23)19-5-7-20(24)8-6-19;/h5-8H,3-4,9-18H2,1-2H3,(H2,25,26,27);1H. The molecule has 1 saturated carbocycles. The van der Waals surface area contributed by atoms with E-state index in [1.54, 1.807) is 19.2 Å². The average molecular weight is 533 g/mol. The van der Waals surface area contributed by atoms with Gasteiger partial charge in [-0.1, -0.05) is 18.6 Å². The van der Waals surface area contributed by atoms with Crippen molar-refractivity contribution in [2.75, 3.05) is 46.6 Å². The Balaban J connectivity index is 0.00000320. The maximum atomic E-state index is 13.5. The summed E-state index contributed by atoms with van der Waals surface area (Å²) in [6.45, 7) is 6.76. The van der Waals surface area contributed by atoms with Crippen molar-refractivity contribution in [3.63, 3.8) is 0 Å². The van der Waals surface area contributed by atoms with Gasteiger partial charge in [0, 0.05) is 52.0 Å². The molecule has 1 aromatic carbocycles. The number of guanidine groups is 1. The molecule has 1 heterocycles. The normalized spacial score (nSPS) is 20.0. The van der Waals surface area contributed by atoms with E-state index in [1.807, 2.05) is 12.1 Å². The summed E-state index contributed by atoms with van der Waals surface area (Å²) in [6.07, 6.45) is 6.66. The Hall–Kier alpha value is -0.930. The number of nitrogens with zero attached hydrogens (tertiary/aromatic N) is 1. The quantitative estimate of drug-likeness (QED) is 0.283. The molecule has 0 atom stereocenters. The van der Waals surface area contributed by atoms with E-state index in [2.05, 4.69) is 17.6 Å². The van der Waals surface area contributed by atoms with E-state index in [-0.39, 0.29) is 35.2 Å². The van der Waals surface area contributed by atoms with Crippen LogP contribution in [0.1, 0.15) is 51.0 Å². The lowest BCUT2D eigenvalue weighted by molar-refractivity contribution is 0.0513. The van der Waals surface area contributed by atoms with Crippen molar-refractivity contribution in [3.8, 4) is 0 Å². The van der Waals surface area contributed by atoms with Crippen molar-refractivity contribution in [1.82, 2.24) is 10.6 Å². The lowest BCUT2D eigenvalue weighted by Crippen LogP contribution is -2.48. The van der Waals surface area contributed by atoms with Crippen LogP contribution < -0.4 is 10.6 Å². The van der Waals surface area contributed by atoms with Crippen molar-refractivity contribution in [1.29, 1.82) is 0 Å². The number of nitrogens with one attached hydrogen (secondary N) is 2. The molecule has 1 saturated heterocycles. The zero-order valence-corrected chi connectivity index (χ0v) is 20.7. The van der Waals surface area contributed by atoms with Crippen LogP contribution in [0.2, 0.25) is 0 Å². The molecular formula is C23H37FIN3O2. The van der Waals surface area contributed by atoms with Gasteiger partial charge in [-0.2, -0.15) is 0 Å². The first kappa shape index (κ1) is 25.3. The number of rotatable bonds is 9. The van der Waals surface area contributed by atoms with E-state index in [0.29, 0.717) is 5.41 Å². The number of hydrogen-bond acceptors (Lipinski definition) is 3. The van der Waals surface area contributed by atoms with Crippen LogP contribution >= 0.6 is 24.0 Å². The zero-order valence-electron chi connectivity index (χ0n) is 18.3. The Morgan fingerprint density at radius 3 is 2.40 bits per heavy atom. The minimum Gasteiger partial charge on any atom is -0.385 e. The lowest BCUT2D eigenvalue weighted by atomic mass is 9.67.